The molecule has 1 aliphatic carbocycles. The van der Waals surface area contributed by atoms with Gasteiger partial charge < -0.3 is 9.64 Å². The molecular weight excluding hydrogens is 456 g/mol. The SMILES string of the molecule is COc1ccc(S(=O)(=O)N(CC(=O)N(Cc2ccccc2)Cc2ccc(C)s2)C2CC2)cc1. The third-order valence-corrected chi connectivity index (χ3v) is 8.52. The minimum absolute atomic E-state index is 0.136. The molecule has 1 heterocycles. The monoisotopic (exact) mass is 484 g/mol. The molecule has 0 bridgehead atoms. The summed E-state index contributed by atoms with van der Waals surface area (Å²) in [4.78, 5) is 17.7. The van der Waals surface area contributed by atoms with Gasteiger partial charge in [0, 0.05) is 22.3 Å². The van der Waals surface area contributed by atoms with E-state index in [2.05, 4.69) is 0 Å². The Labute approximate surface area is 199 Å². The van der Waals surface area contributed by atoms with Crippen LogP contribution in [0.4, 0.5) is 0 Å². The Bertz CT molecular complexity index is 1190. The molecule has 0 N–H and O–H groups in total. The summed E-state index contributed by atoms with van der Waals surface area (Å²) in [6, 6.07) is 20.0. The van der Waals surface area contributed by atoms with E-state index in [9.17, 15) is 13.2 Å². The smallest absolute Gasteiger partial charge is 0.243 e. The maximum atomic E-state index is 13.5. The highest BCUT2D eigenvalue weighted by molar-refractivity contribution is 7.89. The molecule has 8 heteroatoms. The summed E-state index contributed by atoms with van der Waals surface area (Å²) in [7, 11) is -2.26. The zero-order valence-electron chi connectivity index (χ0n) is 18.8. The van der Waals surface area contributed by atoms with Crippen molar-refractivity contribution in [3.63, 3.8) is 0 Å². The van der Waals surface area contributed by atoms with Gasteiger partial charge in [0.25, 0.3) is 0 Å². The van der Waals surface area contributed by atoms with Crippen molar-refractivity contribution in [3.8, 4) is 5.75 Å². The molecule has 0 unspecified atom stereocenters. The van der Waals surface area contributed by atoms with E-state index in [1.807, 2.05) is 49.4 Å². The number of thiophene rings is 1. The third-order valence-electron chi connectivity index (χ3n) is 5.62. The Morgan fingerprint density at radius 2 is 1.70 bits per heavy atom. The summed E-state index contributed by atoms with van der Waals surface area (Å²) >= 11 is 1.65. The zero-order chi connectivity index (χ0) is 23.4. The molecule has 0 atom stereocenters. The second-order valence-electron chi connectivity index (χ2n) is 8.20. The number of hydrogen-bond acceptors (Lipinski definition) is 5. The number of amides is 1. The predicted molar refractivity (Wildman–Crippen MR) is 130 cm³/mol. The Balaban J connectivity index is 1.57. The Kier molecular flexibility index (Phi) is 7.17. The molecule has 1 saturated carbocycles. The van der Waals surface area contributed by atoms with Crippen LogP contribution in [0.15, 0.2) is 71.6 Å². The molecule has 0 aliphatic heterocycles. The number of carbonyl (C=O) groups excluding carboxylic acids is 1. The first-order chi connectivity index (χ1) is 15.9. The van der Waals surface area contributed by atoms with Crippen LogP contribution in [0, 0.1) is 6.92 Å². The molecule has 0 spiro atoms. The molecule has 0 saturated heterocycles. The van der Waals surface area contributed by atoms with Gasteiger partial charge >= 0.3 is 0 Å². The van der Waals surface area contributed by atoms with Crippen LogP contribution < -0.4 is 4.74 Å². The van der Waals surface area contributed by atoms with Crippen molar-refractivity contribution in [2.75, 3.05) is 13.7 Å². The van der Waals surface area contributed by atoms with E-state index < -0.39 is 10.0 Å². The van der Waals surface area contributed by atoms with Gasteiger partial charge in [-0.2, -0.15) is 4.31 Å². The molecule has 174 valence electrons. The number of rotatable bonds is 10. The lowest BCUT2D eigenvalue weighted by molar-refractivity contribution is -0.132. The van der Waals surface area contributed by atoms with E-state index in [-0.39, 0.29) is 23.4 Å². The van der Waals surface area contributed by atoms with Gasteiger partial charge in [0.2, 0.25) is 15.9 Å². The van der Waals surface area contributed by atoms with E-state index in [0.717, 1.165) is 23.3 Å². The molecule has 2 aromatic carbocycles. The van der Waals surface area contributed by atoms with Crippen LogP contribution in [0.2, 0.25) is 0 Å². The van der Waals surface area contributed by atoms with Crippen molar-refractivity contribution in [3.05, 3.63) is 82.0 Å². The molecule has 4 rings (SSSR count). The van der Waals surface area contributed by atoms with E-state index in [1.165, 1.54) is 28.4 Å². The summed E-state index contributed by atoms with van der Waals surface area (Å²) in [5.74, 6) is 0.386. The minimum atomic E-state index is -3.80. The lowest BCUT2D eigenvalue weighted by atomic mass is 10.2. The normalized spacial score (nSPS) is 13.8. The molecule has 1 fully saturated rings. The summed E-state index contributed by atoms with van der Waals surface area (Å²) in [5.41, 5.74) is 1.01. The number of benzene rings is 2. The molecule has 1 amide bonds. The van der Waals surface area contributed by atoms with Crippen LogP contribution >= 0.6 is 11.3 Å². The fourth-order valence-electron chi connectivity index (χ4n) is 3.68. The van der Waals surface area contributed by atoms with Crippen molar-refractivity contribution >= 4 is 27.3 Å². The standard InChI is InChI=1S/C25H28N2O4S2/c1-19-8-13-23(32-19)17-26(16-20-6-4-3-5-7-20)25(28)18-27(21-9-10-21)33(29,30)24-14-11-22(31-2)12-15-24/h3-8,11-15,21H,9-10,16-18H2,1-2H3. The lowest BCUT2D eigenvalue weighted by Crippen LogP contribution is -2.43. The predicted octanol–water partition coefficient (Wildman–Crippen LogP) is 4.45. The van der Waals surface area contributed by atoms with Crippen LogP contribution in [0.1, 0.15) is 28.2 Å². The Morgan fingerprint density at radius 1 is 1.00 bits per heavy atom. The highest BCUT2D eigenvalue weighted by atomic mass is 32.2. The van der Waals surface area contributed by atoms with Gasteiger partial charge in [-0.25, -0.2) is 8.42 Å². The molecular formula is C25H28N2O4S2. The fraction of sp³-hybridized carbons (Fsp3) is 0.320. The largest absolute Gasteiger partial charge is 0.497 e. The Hall–Kier alpha value is -2.68. The molecule has 33 heavy (non-hydrogen) atoms. The highest BCUT2D eigenvalue weighted by Gasteiger charge is 2.40. The first kappa shape index (κ1) is 23.5. The van der Waals surface area contributed by atoms with E-state index in [4.69, 9.17) is 4.74 Å². The lowest BCUT2D eigenvalue weighted by Gasteiger charge is -2.27. The second-order valence-corrected chi connectivity index (χ2v) is 11.5. The maximum absolute atomic E-state index is 13.5. The van der Waals surface area contributed by atoms with E-state index in [0.29, 0.717) is 18.8 Å². The van der Waals surface area contributed by atoms with E-state index >= 15 is 0 Å². The van der Waals surface area contributed by atoms with Crippen molar-refractivity contribution in [2.24, 2.45) is 0 Å². The van der Waals surface area contributed by atoms with Gasteiger partial charge in [-0.1, -0.05) is 30.3 Å². The molecule has 3 aromatic rings. The van der Waals surface area contributed by atoms with Crippen LogP contribution in [-0.4, -0.2) is 43.2 Å². The van der Waals surface area contributed by atoms with Crippen molar-refractivity contribution < 1.29 is 17.9 Å². The van der Waals surface area contributed by atoms with Crippen molar-refractivity contribution in [1.82, 2.24) is 9.21 Å². The van der Waals surface area contributed by atoms with Crippen LogP contribution in [-0.2, 0) is 27.9 Å². The van der Waals surface area contributed by atoms with Gasteiger partial charge in [-0.15, -0.1) is 11.3 Å². The minimum Gasteiger partial charge on any atom is -0.497 e. The summed E-state index contributed by atoms with van der Waals surface area (Å²) in [6.45, 7) is 2.75. The quantitative estimate of drug-likeness (QED) is 0.427. The van der Waals surface area contributed by atoms with Gasteiger partial charge in [-0.05, 0) is 61.7 Å². The molecule has 0 radical (unpaired) electrons. The van der Waals surface area contributed by atoms with Crippen LogP contribution in [0.25, 0.3) is 0 Å². The maximum Gasteiger partial charge on any atom is 0.243 e. The number of carbonyl (C=O) groups is 1. The van der Waals surface area contributed by atoms with Gasteiger partial charge in [0.1, 0.15) is 5.75 Å². The average molecular weight is 485 g/mol. The first-order valence-electron chi connectivity index (χ1n) is 10.9. The van der Waals surface area contributed by atoms with Crippen LogP contribution in [0.5, 0.6) is 5.75 Å². The number of methoxy groups -OCH3 is 1. The summed E-state index contributed by atoms with van der Waals surface area (Å²) < 4.78 is 33.3. The molecule has 1 aromatic heterocycles. The number of hydrogen-bond donors (Lipinski definition) is 0. The number of aryl methyl sites for hydroxylation is 1. The van der Waals surface area contributed by atoms with Gasteiger partial charge in [0.05, 0.1) is 25.1 Å². The number of ether oxygens (including phenoxy) is 1. The summed E-state index contributed by atoms with van der Waals surface area (Å²) in [5, 5.41) is 0. The molecule has 1 aliphatic rings. The fourth-order valence-corrected chi connectivity index (χ4v) is 6.22. The van der Waals surface area contributed by atoms with Gasteiger partial charge in [0.15, 0.2) is 0 Å². The third kappa shape index (κ3) is 5.82. The summed E-state index contributed by atoms with van der Waals surface area (Å²) in [6.07, 6.45) is 1.54. The van der Waals surface area contributed by atoms with Crippen LogP contribution in [0.3, 0.4) is 0 Å². The molecule has 6 nitrogen and oxygen atoms in total. The van der Waals surface area contributed by atoms with Crippen molar-refractivity contribution in [2.45, 2.75) is 43.8 Å². The Morgan fingerprint density at radius 3 is 2.27 bits per heavy atom. The topological polar surface area (TPSA) is 66.9 Å². The van der Waals surface area contributed by atoms with Crippen molar-refractivity contribution in [1.29, 1.82) is 0 Å². The van der Waals surface area contributed by atoms with Gasteiger partial charge in [-0.3, -0.25) is 4.79 Å². The average Bonchev–Trinajstić information content (AvgIpc) is 3.58. The van der Waals surface area contributed by atoms with E-state index in [1.54, 1.807) is 28.4 Å². The number of nitrogens with zero attached hydrogens (tertiary/aromatic N) is 2. The highest BCUT2D eigenvalue weighted by Crippen LogP contribution is 2.32. The number of sulfonamides is 1. The zero-order valence-corrected chi connectivity index (χ0v) is 20.4. The second kappa shape index (κ2) is 10.1. The first-order valence-corrected chi connectivity index (χ1v) is 13.2.